The first-order valence-electron chi connectivity index (χ1n) is 4.76. The fourth-order valence-electron chi connectivity index (χ4n) is 1.72. The molecule has 6 nitrogen and oxygen atoms in total. The van der Waals surface area contributed by atoms with Crippen molar-refractivity contribution in [1.29, 1.82) is 0 Å². The van der Waals surface area contributed by atoms with Crippen LogP contribution in [0.4, 0.5) is 0 Å². The molecule has 2 heterocycles. The number of fused-ring (bicyclic) bond motifs is 1. The summed E-state index contributed by atoms with van der Waals surface area (Å²) < 4.78 is 28.0. The lowest BCUT2D eigenvalue weighted by molar-refractivity contribution is -0.140. The molecule has 0 saturated carbocycles. The van der Waals surface area contributed by atoms with Crippen molar-refractivity contribution in [3.63, 3.8) is 0 Å². The van der Waals surface area contributed by atoms with Crippen LogP contribution in [0, 0.1) is 0 Å². The molecule has 1 atom stereocenters. The van der Waals surface area contributed by atoms with Crippen molar-refractivity contribution < 1.29 is 22.7 Å². The molecule has 7 heteroatoms. The maximum absolute atomic E-state index is 11.7. The summed E-state index contributed by atoms with van der Waals surface area (Å²) in [6, 6.07) is 0. The molecule has 0 radical (unpaired) electrons. The molecule has 0 aliphatic carbocycles. The van der Waals surface area contributed by atoms with Crippen molar-refractivity contribution in [1.82, 2.24) is 4.90 Å². The third-order valence-corrected chi connectivity index (χ3v) is 4.53. The number of ether oxygens (including phenoxy) is 1. The first kappa shape index (κ1) is 11.1. The molecule has 1 fully saturated rings. The van der Waals surface area contributed by atoms with Gasteiger partial charge in [-0.05, 0) is 5.57 Å². The summed E-state index contributed by atoms with van der Waals surface area (Å²) in [5, 5.41) is -0.707. The van der Waals surface area contributed by atoms with Gasteiger partial charge in [-0.3, -0.25) is 9.59 Å². The van der Waals surface area contributed by atoms with Crippen molar-refractivity contribution in [2.45, 2.75) is 18.7 Å². The Kier molecular flexibility index (Phi) is 2.49. The maximum atomic E-state index is 11.7. The van der Waals surface area contributed by atoms with Crippen molar-refractivity contribution >= 4 is 21.7 Å². The molecule has 1 saturated heterocycles. The highest BCUT2D eigenvalue weighted by Gasteiger charge is 2.47. The molecule has 0 aromatic rings. The highest BCUT2D eigenvalue weighted by molar-refractivity contribution is 7.92. The average molecular weight is 245 g/mol. The van der Waals surface area contributed by atoms with Gasteiger partial charge in [0.1, 0.15) is 12.0 Å². The molecule has 88 valence electrons. The van der Waals surface area contributed by atoms with Gasteiger partial charge in [0.2, 0.25) is 5.91 Å². The number of rotatable bonds is 2. The first-order valence-corrected chi connectivity index (χ1v) is 6.47. The molecule has 2 rings (SSSR count). The standard InChI is InChI=1S/C9H11NO5S/c1-6(11)15-4-7-3-10-8(12)2-9(10)16(13,14)5-7/h3,9H,2,4-5H2,1H3/t9-/m0/s1. The monoisotopic (exact) mass is 245 g/mol. The summed E-state index contributed by atoms with van der Waals surface area (Å²) in [5.41, 5.74) is 0.430. The van der Waals surface area contributed by atoms with E-state index >= 15 is 0 Å². The van der Waals surface area contributed by atoms with E-state index < -0.39 is 21.2 Å². The summed E-state index contributed by atoms with van der Waals surface area (Å²) in [4.78, 5) is 22.9. The van der Waals surface area contributed by atoms with Crippen LogP contribution >= 0.6 is 0 Å². The molecule has 2 aliphatic rings. The van der Waals surface area contributed by atoms with Gasteiger partial charge in [0, 0.05) is 13.1 Å². The van der Waals surface area contributed by atoms with Gasteiger partial charge < -0.3 is 9.64 Å². The predicted molar refractivity (Wildman–Crippen MR) is 53.8 cm³/mol. The van der Waals surface area contributed by atoms with E-state index in [2.05, 4.69) is 0 Å². The second-order valence-corrected chi connectivity index (χ2v) is 5.99. The number of β-lactam (4-membered cyclic amide) rings is 1. The summed E-state index contributed by atoms with van der Waals surface area (Å²) in [5.74, 6) is -0.835. The van der Waals surface area contributed by atoms with Gasteiger partial charge in [-0.15, -0.1) is 0 Å². The van der Waals surface area contributed by atoms with Gasteiger partial charge in [0.15, 0.2) is 9.84 Å². The zero-order valence-corrected chi connectivity index (χ0v) is 9.49. The lowest BCUT2D eigenvalue weighted by Crippen LogP contribution is -2.56. The van der Waals surface area contributed by atoms with E-state index in [4.69, 9.17) is 4.74 Å². The smallest absolute Gasteiger partial charge is 0.302 e. The Hall–Kier alpha value is -1.37. The molecule has 16 heavy (non-hydrogen) atoms. The minimum atomic E-state index is -3.31. The molecule has 1 amide bonds. The van der Waals surface area contributed by atoms with Crippen LogP contribution in [0.3, 0.4) is 0 Å². The fraction of sp³-hybridized carbons (Fsp3) is 0.556. The molecular weight excluding hydrogens is 234 g/mol. The Morgan fingerprint density at radius 3 is 2.88 bits per heavy atom. The van der Waals surface area contributed by atoms with Crippen LogP contribution in [0.2, 0.25) is 0 Å². The van der Waals surface area contributed by atoms with Gasteiger partial charge in [-0.2, -0.15) is 0 Å². The van der Waals surface area contributed by atoms with Gasteiger partial charge >= 0.3 is 5.97 Å². The molecule has 0 N–H and O–H groups in total. The average Bonchev–Trinajstić information content (AvgIpc) is 2.16. The number of amides is 1. The highest BCUT2D eigenvalue weighted by atomic mass is 32.2. The van der Waals surface area contributed by atoms with E-state index in [0.717, 1.165) is 0 Å². The summed E-state index contributed by atoms with van der Waals surface area (Å²) in [7, 11) is -3.31. The SMILES string of the molecule is CC(=O)OCC1=CN2C(=O)C[C@@H]2S(=O)(=O)C1. The Labute approximate surface area is 92.8 Å². The molecule has 0 spiro atoms. The van der Waals surface area contributed by atoms with Gasteiger partial charge in [0.05, 0.1) is 12.2 Å². The highest BCUT2D eigenvalue weighted by Crippen LogP contribution is 2.31. The number of esters is 1. The maximum Gasteiger partial charge on any atom is 0.302 e. The minimum absolute atomic E-state index is 0.0552. The van der Waals surface area contributed by atoms with E-state index in [-0.39, 0.29) is 24.7 Å². The van der Waals surface area contributed by atoms with Gasteiger partial charge in [-0.1, -0.05) is 0 Å². The topological polar surface area (TPSA) is 80.8 Å². The van der Waals surface area contributed by atoms with Gasteiger partial charge in [-0.25, -0.2) is 8.42 Å². The Morgan fingerprint density at radius 2 is 2.31 bits per heavy atom. The van der Waals surface area contributed by atoms with Crippen LogP contribution < -0.4 is 0 Å². The molecule has 2 aliphatic heterocycles. The number of carbonyl (C=O) groups excluding carboxylic acids is 2. The van der Waals surface area contributed by atoms with E-state index in [9.17, 15) is 18.0 Å². The van der Waals surface area contributed by atoms with E-state index in [0.29, 0.717) is 5.57 Å². The summed E-state index contributed by atoms with van der Waals surface area (Å²) in [6.45, 7) is 1.17. The largest absolute Gasteiger partial charge is 0.461 e. The summed E-state index contributed by atoms with van der Waals surface area (Å²) in [6.07, 6.45) is 1.53. The molecule has 0 aromatic carbocycles. The van der Waals surface area contributed by atoms with Crippen LogP contribution in [0.5, 0.6) is 0 Å². The van der Waals surface area contributed by atoms with Crippen LogP contribution in [0.1, 0.15) is 13.3 Å². The third kappa shape index (κ3) is 1.82. The normalized spacial score (nSPS) is 26.6. The zero-order chi connectivity index (χ0) is 11.9. The van der Waals surface area contributed by atoms with Crippen LogP contribution in [0.15, 0.2) is 11.8 Å². The number of carbonyl (C=O) groups is 2. The van der Waals surface area contributed by atoms with E-state index in [1.165, 1.54) is 18.0 Å². The second kappa shape index (κ2) is 3.58. The summed E-state index contributed by atoms with van der Waals surface area (Å²) >= 11 is 0. The second-order valence-electron chi connectivity index (χ2n) is 3.83. The number of nitrogens with zero attached hydrogens (tertiary/aromatic N) is 1. The van der Waals surface area contributed by atoms with Crippen molar-refractivity contribution in [3.8, 4) is 0 Å². The van der Waals surface area contributed by atoms with Crippen molar-refractivity contribution in [3.05, 3.63) is 11.8 Å². The lowest BCUT2D eigenvalue weighted by atomic mass is 10.2. The predicted octanol–water partition coefficient (Wildman–Crippen LogP) is -0.580. The van der Waals surface area contributed by atoms with Crippen molar-refractivity contribution in [2.75, 3.05) is 12.4 Å². The van der Waals surface area contributed by atoms with Crippen LogP contribution in [0.25, 0.3) is 0 Å². The Balaban J connectivity index is 2.15. The minimum Gasteiger partial charge on any atom is -0.461 e. The molecule has 0 aromatic heterocycles. The Bertz CT molecular complexity index is 478. The zero-order valence-electron chi connectivity index (χ0n) is 8.67. The lowest BCUT2D eigenvalue weighted by Gasteiger charge is -2.40. The molecule has 0 bridgehead atoms. The third-order valence-electron chi connectivity index (χ3n) is 2.53. The molecule has 0 unspecified atom stereocenters. The number of hydrogen-bond donors (Lipinski definition) is 0. The molecular formula is C9H11NO5S. The number of sulfone groups is 1. The fourth-order valence-corrected chi connectivity index (χ4v) is 3.51. The van der Waals surface area contributed by atoms with Crippen molar-refractivity contribution in [2.24, 2.45) is 0 Å². The van der Waals surface area contributed by atoms with E-state index in [1.54, 1.807) is 0 Å². The Morgan fingerprint density at radius 1 is 1.62 bits per heavy atom. The van der Waals surface area contributed by atoms with Crippen LogP contribution in [-0.2, 0) is 24.2 Å². The van der Waals surface area contributed by atoms with E-state index in [1.807, 2.05) is 0 Å². The first-order chi connectivity index (χ1) is 7.40. The van der Waals surface area contributed by atoms with Crippen LogP contribution in [-0.4, -0.2) is 42.9 Å². The van der Waals surface area contributed by atoms with Gasteiger partial charge in [0.25, 0.3) is 0 Å². The quantitative estimate of drug-likeness (QED) is 0.480. The number of hydrogen-bond acceptors (Lipinski definition) is 5.